The average molecular weight is 430 g/mol. The minimum absolute atomic E-state index is 0. The van der Waals surface area contributed by atoms with Gasteiger partial charge in [0.15, 0.2) is 0 Å². The van der Waals surface area contributed by atoms with E-state index in [-0.39, 0.29) is 65.4 Å². The molecule has 1 aromatic carbocycles. The number of hydrogen-bond acceptors (Lipinski definition) is 4. The summed E-state index contributed by atoms with van der Waals surface area (Å²) in [5, 5.41) is 4.03. The maximum atomic E-state index is 5.44. The Kier molecular flexibility index (Phi) is 7.05. The van der Waals surface area contributed by atoms with E-state index in [2.05, 4.69) is 33.5 Å². The molecule has 102 valence electrons. The predicted octanol–water partition coefficient (Wildman–Crippen LogP) is 2.01. The van der Waals surface area contributed by atoms with Crippen molar-refractivity contribution in [3.8, 4) is 16.9 Å². The number of aryl methyl sites for hydroxylation is 2. The van der Waals surface area contributed by atoms with Gasteiger partial charge >= 0.3 is 0 Å². The summed E-state index contributed by atoms with van der Waals surface area (Å²) in [4.78, 5) is 8.11. The Hall–Kier alpha value is -0.222. The SMILES string of the molecule is COc1cc(C)cc(C)c1-c1[c-]nc2ncnn2[c-]1.[Y].[Y]. The Labute approximate surface area is 173 Å². The first kappa shape index (κ1) is 18.8. The molecule has 0 spiro atoms. The molecule has 7 heteroatoms. The van der Waals surface area contributed by atoms with E-state index in [0.29, 0.717) is 11.3 Å². The molecule has 0 fully saturated rings. The van der Waals surface area contributed by atoms with Gasteiger partial charge in [-0.15, -0.1) is 11.1 Å². The third-order valence-corrected chi connectivity index (χ3v) is 2.93. The summed E-state index contributed by atoms with van der Waals surface area (Å²) in [6, 6.07) is 4.07. The number of methoxy groups -OCH3 is 1. The van der Waals surface area contributed by atoms with Crippen LogP contribution < -0.4 is 4.74 Å². The molecule has 0 saturated carbocycles. The molecular weight excluding hydrogens is 418 g/mol. The normalized spacial score (nSPS) is 9.86. The molecule has 3 aromatic rings. The van der Waals surface area contributed by atoms with Crippen molar-refractivity contribution in [1.82, 2.24) is 19.6 Å². The minimum atomic E-state index is 0. The Balaban J connectivity index is 0.00000110. The molecule has 5 nitrogen and oxygen atoms in total. The van der Waals surface area contributed by atoms with Crippen molar-refractivity contribution >= 4 is 5.78 Å². The molecular formula is C14H12N4OY2-2. The van der Waals surface area contributed by atoms with Gasteiger partial charge in [0, 0.05) is 71.2 Å². The van der Waals surface area contributed by atoms with E-state index in [9.17, 15) is 0 Å². The summed E-state index contributed by atoms with van der Waals surface area (Å²) in [7, 11) is 1.65. The van der Waals surface area contributed by atoms with Crippen LogP contribution in [-0.4, -0.2) is 26.7 Å². The Morgan fingerprint density at radius 1 is 1.19 bits per heavy atom. The molecule has 0 amide bonds. The molecule has 2 aromatic heterocycles. The van der Waals surface area contributed by atoms with Crippen molar-refractivity contribution in [3.05, 3.63) is 42.0 Å². The number of benzene rings is 1. The Morgan fingerprint density at radius 3 is 2.67 bits per heavy atom. The van der Waals surface area contributed by atoms with Gasteiger partial charge in [0.2, 0.25) is 0 Å². The molecule has 0 bridgehead atoms. The summed E-state index contributed by atoms with van der Waals surface area (Å²) in [5.74, 6) is 1.26. The third kappa shape index (κ3) is 3.76. The van der Waals surface area contributed by atoms with E-state index < -0.39 is 0 Å². The van der Waals surface area contributed by atoms with Crippen molar-refractivity contribution in [1.29, 1.82) is 0 Å². The first-order chi connectivity index (χ1) is 9.19. The number of hydrogen-bond donors (Lipinski definition) is 0. The van der Waals surface area contributed by atoms with Crippen molar-refractivity contribution in [3.63, 3.8) is 0 Å². The smallest absolute Gasteiger partial charge is 0.117 e. The van der Waals surface area contributed by atoms with Gasteiger partial charge in [-0.05, 0) is 13.0 Å². The molecule has 21 heavy (non-hydrogen) atoms. The second-order valence-electron chi connectivity index (χ2n) is 4.34. The summed E-state index contributed by atoms with van der Waals surface area (Å²) in [6.45, 7) is 4.06. The van der Waals surface area contributed by atoms with Gasteiger partial charge in [-0.25, -0.2) is 5.56 Å². The molecule has 2 heterocycles. The number of rotatable bonds is 2. The monoisotopic (exact) mass is 430 g/mol. The van der Waals surface area contributed by atoms with Crippen molar-refractivity contribution in [2.45, 2.75) is 13.8 Å². The van der Waals surface area contributed by atoms with Crippen LogP contribution >= 0.6 is 0 Å². The van der Waals surface area contributed by atoms with Crippen LogP contribution in [0.4, 0.5) is 0 Å². The zero-order valence-electron chi connectivity index (χ0n) is 12.1. The number of fused-ring (bicyclic) bond motifs is 1. The minimum Gasteiger partial charge on any atom is -0.515 e. The maximum Gasteiger partial charge on any atom is 0.117 e. The van der Waals surface area contributed by atoms with E-state index >= 15 is 0 Å². The summed E-state index contributed by atoms with van der Waals surface area (Å²) < 4.78 is 6.95. The number of aromatic nitrogens is 4. The fourth-order valence-electron chi connectivity index (χ4n) is 2.15. The van der Waals surface area contributed by atoms with Gasteiger partial charge < -0.3 is 14.2 Å². The maximum absolute atomic E-state index is 5.44. The molecule has 0 saturated heterocycles. The van der Waals surface area contributed by atoms with Gasteiger partial charge in [0.05, 0.1) is 12.9 Å². The second kappa shape index (κ2) is 7.86. The van der Waals surface area contributed by atoms with Gasteiger partial charge in [0.1, 0.15) is 6.33 Å². The number of nitrogens with zero attached hydrogens (tertiary/aromatic N) is 4. The quantitative estimate of drug-likeness (QED) is 0.585. The first-order valence-corrected chi connectivity index (χ1v) is 5.85. The van der Waals surface area contributed by atoms with Crippen LogP contribution in [0.2, 0.25) is 0 Å². The molecule has 0 atom stereocenters. The van der Waals surface area contributed by atoms with Crippen molar-refractivity contribution in [2.75, 3.05) is 7.11 Å². The van der Waals surface area contributed by atoms with E-state index in [1.165, 1.54) is 10.8 Å². The predicted molar refractivity (Wildman–Crippen MR) is 69.9 cm³/mol. The molecule has 0 aliphatic rings. The topological polar surface area (TPSA) is 52.3 Å². The molecule has 3 rings (SSSR count). The average Bonchev–Trinajstić information content (AvgIpc) is 2.84. The first-order valence-electron chi connectivity index (χ1n) is 5.85. The van der Waals surface area contributed by atoms with Gasteiger partial charge in [-0.3, -0.25) is 4.98 Å². The molecule has 0 N–H and O–H groups in total. The number of ether oxygens (including phenoxy) is 1. The van der Waals surface area contributed by atoms with E-state index in [1.807, 2.05) is 19.9 Å². The molecule has 0 aliphatic heterocycles. The fourth-order valence-corrected chi connectivity index (χ4v) is 2.15. The van der Waals surface area contributed by atoms with E-state index in [0.717, 1.165) is 22.4 Å². The van der Waals surface area contributed by atoms with Gasteiger partial charge in [-0.1, -0.05) is 18.6 Å². The Morgan fingerprint density at radius 2 is 1.95 bits per heavy atom. The Bertz CT molecular complexity index is 758. The van der Waals surface area contributed by atoms with Gasteiger partial charge in [0.25, 0.3) is 0 Å². The molecule has 0 aliphatic carbocycles. The standard InChI is InChI=1S/C14H12N4O.2Y/c1-9-4-10(2)13(12(5-9)19-3)11-6-15-14-16-8-17-18(14)7-11;;/h4-5,8H,1-3H3;;/q-2;;. The summed E-state index contributed by atoms with van der Waals surface area (Å²) >= 11 is 0. The zero-order chi connectivity index (χ0) is 13.4. The van der Waals surface area contributed by atoms with Crippen LogP contribution in [0, 0.1) is 26.2 Å². The van der Waals surface area contributed by atoms with Crippen LogP contribution in [0.3, 0.4) is 0 Å². The van der Waals surface area contributed by atoms with Crippen LogP contribution in [0.15, 0.2) is 18.5 Å². The van der Waals surface area contributed by atoms with Crippen molar-refractivity contribution < 1.29 is 70.2 Å². The largest absolute Gasteiger partial charge is 0.515 e. The molecule has 2 radical (unpaired) electrons. The van der Waals surface area contributed by atoms with Crippen LogP contribution in [0.25, 0.3) is 16.9 Å². The summed E-state index contributed by atoms with van der Waals surface area (Å²) in [6.07, 6.45) is 7.48. The zero-order valence-corrected chi connectivity index (χ0v) is 17.8. The molecule has 0 unspecified atom stereocenters. The van der Waals surface area contributed by atoms with E-state index in [1.54, 1.807) is 7.11 Å². The van der Waals surface area contributed by atoms with Crippen LogP contribution in [-0.2, 0) is 65.4 Å². The van der Waals surface area contributed by atoms with Crippen LogP contribution in [0.5, 0.6) is 5.75 Å². The van der Waals surface area contributed by atoms with Crippen LogP contribution in [0.1, 0.15) is 11.1 Å². The van der Waals surface area contributed by atoms with Crippen molar-refractivity contribution in [2.24, 2.45) is 0 Å². The fraction of sp³-hybridized carbons (Fsp3) is 0.214. The third-order valence-electron chi connectivity index (χ3n) is 2.93. The van der Waals surface area contributed by atoms with Gasteiger partial charge in [-0.2, -0.15) is 17.5 Å². The second-order valence-corrected chi connectivity index (χ2v) is 4.34. The summed E-state index contributed by atoms with van der Waals surface area (Å²) in [5.41, 5.74) is 3.88. The van der Waals surface area contributed by atoms with E-state index in [4.69, 9.17) is 4.74 Å².